The second-order valence-corrected chi connectivity index (χ2v) is 6.35. The van der Waals surface area contributed by atoms with Crippen molar-refractivity contribution >= 4 is 11.6 Å². The molecule has 0 atom stereocenters. The van der Waals surface area contributed by atoms with Crippen LogP contribution in [0.15, 0.2) is 61.2 Å². The van der Waals surface area contributed by atoms with Crippen LogP contribution in [0, 0.1) is 19.7 Å². The lowest BCUT2D eigenvalue weighted by molar-refractivity contribution is 0.102. The summed E-state index contributed by atoms with van der Waals surface area (Å²) in [5, 5.41) is 11.0. The number of aryl methyl sites for hydroxylation is 2. The fraction of sp³-hybridized carbons (Fsp3) is 0.100. The van der Waals surface area contributed by atoms with Crippen LogP contribution in [-0.2, 0) is 0 Å². The van der Waals surface area contributed by atoms with Crippen LogP contribution in [0.2, 0.25) is 0 Å². The monoisotopic (exact) mass is 376 g/mol. The predicted molar refractivity (Wildman–Crippen MR) is 102 cm³/mol. The first-order chi connectivity index (χ1) is 13.5. The molecule has 0 fully saturated rings. The smallest absolute Gasteiger partial charge is 0.255 e. The van der Waals surface area contributed by atoms with Gasteiger partial charge in [-0.2, -0.15) is 10.2 Å². The van der Waals surface area contributed by atoms with Crippen molar-refractivity contribution in [2.45, 2.75) is 13.8 Å². The van der Waals surface area contributed by atoms with Gasteiger partial charge < -0.3 is 5.32 Å². The number of rotatable bonds is 4. The second-order valence-electron chi connectivity index (χ2n) is 6.35. The van der Waals surface area contributed by atoms with E-state index in [0.717, 1.165) is 17.1 Å². The number of halogens is 1. The maximum absolute atomic E-state index is 14.3. The molecule has 0 saturated heterocycles. The number of aromatic nitrogens is 5. The molecule has 8 heteroatoms. The first kappa shape index (κ1) is 17.6. The molecule has 1 amide bonds. The fourth-order valence-corrected chi connectivity index (χ4v) is 2.95. The zero-order valence-corrected chi connectivity index (χ0v) is 15.3. The number of nitrogens with zero attached hydrogens (tertiary/aromatic N) is 5. The molecule has 28 heavy (non-hydrogen) atoms. The molecular weight excluding hydrogens is 359 g/mol. The summed E-state index contributed by atoms with van der Waals surface area (Å²) in [5.74, 6) is -0.837. The molecule has 0 spiro atoms. The highest BCUT2D eigenvalue weighted by Crippen LogP contribution is 2.19. The third kappa shape index (κ3) is 3.39. The summed E-state index contributed by atoms with van der Waals surface area (Å²) >= 11 is 0. The van der Waals surface area contributed by atoms with Crippen LogP contribution < -0.4 is 5.32 Å². The molecule has 0 radical (unpaired) electrons. The van der Waals surface area contributed by atoms with Crippen molar-refractivity contribution in [3.63, 3.8) is 0 Å². The van der Waals surface area contributed by atoms with Gasteiger partial charge in [0.25, 0.3) is 5.91 Å². The highest BCUT2D eigenvalue weighted by molar-refractivity contribution is 6.04. The van der Waals surface area contributed by atoms with E-state index in [1.54, 1.807) is 18.2 Å². The Hall–Kier alpha value is -3.81. The molecule has 2 aromatic carbocycles. The quantitative estimate of drug-likeness (QED) is 0.592. The summed E-state index contributed by atoms with van der Waals surface area (Å²) in [6.45, 7) is 3.90. The molecule has 4 rings (SSSR count). The second kappa shape index (κ2) is 7.07. The van der Waals surface area contributed by atoms with Crippen molar-refractivity contribution in [3.05, 3.63) is 84.0 Å². The number of nitrogens with one attached hydrogen (secondary N) is 1. The summed E-state index contributed by atoms with van der Waals surface area (Å²) < 4.78 is 17.4. The highest BCUT2D eigenvalue weighted by atomic mass is 19.1. The molecule has 4 aromatic rings. The molecule has 140 valence electrons. The van der Waals surface area contributed by atoms with Crippen LogP contribution in [0.4, 0.5) is 10.1 Å². The maximum Gasteiger partial charge on any atom is 0.255 e. The minimum absolute atomic E-state index is 0.254. The first-order valence-electron chi connectivity index (χ1n) is 8.61. The van der Waals surface area contributed by atoms with Crippen molar-refractivity contribution in [1.29, 1.82) is 0 Å². The van der Waals surface area contributed by atoms with Crippen molar-refractivity contribution in [2.24, 2.45) is 0 Å². The molecule has 0 saturated carbocycles. The Kier molecular flexibility index (Phi) is 4.44. The van der Waals surface area contributed by atoms with E-state index in [1.165, 1.54) is 29.5 Å². The van der Waals surface area contributed by atoms with Gasteiger partial charge in [-0.1, -0.05) is 0 Å². The summed E-state index contributed by atoms with van der Waals surface area (Å²) in [6.07, 6.45) is 2.73. The Morgan fingerprint density at radius 2 is 1.86 bits per heavy atom. The zero-order chi connectivity index (χ0) is 19.7. The van der Waals surface area contributed by atoms with Crippen LogP contribution >= 0.6 is 0 Å². The minimum atomic E-state index is -0.511. The number of anilines is 1. The molecule has 2 aromatic heterocycles. The van der Waals surface area contributed by atoms with E-state index in [2.05, 4.69) is 20.5 Å². The van der Waals surface area contributed by atoms with E-state index in [0.29, 0.717) is 11.3 Å². The number of benzene rings is 2. The summed E-state index contributed by atoms with van der Waals surface area (Å²) in [4.78, 5) is 16.3. The highest BCUT2D eigenvalue weighted by Gasteiger charge is 2.11. The Labute approximate surface area is 160 Å². The van der Waals surface area contributed by atoms with Gasteiger partial charge in [0.2, 0.25) is 0 Å². The molecule has 0 aliphatic carbocycles. The van der Waals surface area contributed by atoms with Gasteiger partial charge in [-0.05, 0) is 62.4 Å². The van der Waals surface area contributed by atoms with Gasteiger partial charge in [0.15, 0.2) is 5.82 Å². The van der Waals surface area contributed by atoms with E-state index >= 15 is 0 Å². The predicted octanol–water partition coefficient (Wildman–Crippen LogP) is 3.46. The Balaban J connectivity index is 1.51. The van der Waals surface area contributed by atoms with E-state index in [-0.39, 0.29) is 11.6 Å². The SMILES string of the molecule is Cc1cc(C)n(-c2ccc(C(=O)Nc3ccc(-n4cncn4)c(F)c3)cc2)n1. The maximum atomic E-state index is 14.3. The Bertz CT molecular complexity index is 1130. The van der Waals surface area contributed by atoms with Gasteiger partial charge in [-0.25, -0.2) is 18.7 Å². The van der Waals surface area contributed by atoms with Gasteiger partial charge in [0.1, 0.15) is 18.3 Å². The van der Waals surface area contributed by atoms with Crippen LogP contribution in [0.1, 0.15) is 21.7 Å². The topological polar surface area (TPSA) is 77.6 Å². The zero-order valence-electron chi connectivity index (χ0n) is 15.3. The molecular formula is C20H17FN6O. The van der Waals surface area contributed by atoms with Crippen LogP contribution in [0.5, 0.6) is 0 Å². The largest absolute Gasteiger partial charge is 0.322 e. The number of amides is 1. The third-order valence-electron chi connectivity index (χ3n) is 4.25. The molecule has 1 N–H and O–H groups in total. The fourth-order valence-electron chi connectivity index (χ4n) is 2.95. The summed E-state index contributed by atoms with van der Waals surface area (Å²) in [7, 11) is 0. The van der Waals surface area contributed by atoms with E-state index in [1.807, 2.05) is 36.7 Å². The van der Waals surface area contributed by atoms with Crippen molar-refractivity contribution in [1.82, 2.24) is 24.5 Å². The summed E-state index contributed by atoms with van der Waals surface area (Å²) in [6, 6.07) is 13.4. The summed E-state index contributed by atoms with van der Waals surface area (Å²) in [5.41, 5.74) is 3.88. The standard InChI is InChI=1S/C20H17FN6O/c1-13-9-14(2)27(25-13)17-6-3-15(4-7-17)20(28)24-16-5-8-19(18(21)10-16)26-12-22-11-23-26/h3-12H,1-2H3,(H,24,28). The van der Waals surface area contributed by atoms with Crippen LogP contribution in [0.25, 0.3) is 11.4 Å². The van der Waals surface area contributed by atoms with Gasteiger partial charge in [-0.3, -0.25) is 4.79 Å². The lowest BCUT2D eigenvalue weighted by Crippen LogP contribution is -2.12. The number of hydrogen-bond acceptors (Lipinski definition) is 4. The van der Waals surface area contributed by atoms with Gasteiger partial charge in [-0.15, -0.1) is 0 Å². The van der Waals surface area contributed by atoms with Crippen molar-refractivity contribution in [2.75, 3.05) is 5.32 Å². The van der Waals surface area contributed by atoms with E-state index < -0.39 is 5.82 Å². The molecule has 0 aliphatic rings. The van der Waals surface area contributed by atoms with Crippen LogP contribution in [0.3, 0.4) is 0 Å². The van der Waals surface area contributed by atoms with Gasteiger partial charge in [0.05, 0.1) is 11.4 Å². The van der Waals surface area contributed by atoms with Crippen LogP contribution in [-0.4, -0.2) is 30.5 Å². The lowest BCUT2D eigenvalue weighted by Gasteiger charge is -2.09. The molecule has 0 bridgehead atoms. The first-order valence-corrected chi connectivity index (χ1v) is 8.61. The third-order valence-corrected chi connectivity index (χ3v) is 4.25. The van der Waals surface area contributed by atoms with E-state index in [4.69, 9.17) is 0 Å². The van der Waals surface area contributed by atoms with E-state index in [9.17, 15) is 9.18 Å². The normalized spacial score (nSPS) is 10.8. The molecule has 0 aliphatic heterocycles. The Morgan fingerprint density at radius 1 is 1.07 bits per heavy atom. The van der Waals surface area contributed by atoms with Crippen molar-refractivity contribution in [3.8, 4) is 11.4 Å². The molecule has 2 heterocycles. The Morgan fingerprint density at radius 3 is 2.46 bits per heavy atom. The van der Waals surface area contributed by atoms with Gasteiger partial charge in [0, 0.05) is 16.9 Å². The average Bonchev–Trinajstić information content (AvgIpc) is 3.31. The van der Waals surface area contributed by atoms with Crippen molar-refractivity contribution < 1.29 is 9.18 Å². The molecule has 0 unspecified atom stereocenters. The number of hydrogen-bond donors (Lipinski definition) is 1. The average molecular weight is 376 g/mol. The number of carbonyl (C=O) groups excluding carboxylic acids is 1. The minimum Gasteiger partial charge on any atom is -0.322 e. The van der Waals surface area contributed by atoms with Gasteiger partial charge >= 0.3 is 0 Å². The number of carbonyl (C=O) groups is 1. The molecule has 7 nitrogen and oxygen atoms in total. The lowest BCUT2D eigenvalue weighted by atomic mass is 10.2.